The third kappa shape index (κ3) is 2.71. The first-order chi connectivity index (χ1) is 8.59. The smallest absolute Gasteiger partial charge is 0.128 e. The van der Waals surface area contributed by atoms with E-state index in [-0.39, 0.29) is 11.9 Å². The summed E-state index contributed by atoms with van der Waals surface area (Å²) in [5, 5.41) is 3.82. The van der Waals surface area contributed by atoms with Gasteiger partial charge in [0.2, 0.25) is 0 Å². The first-order valence-corrected chi connectivity index (χ1v) is 6.11. The highest BCUT2D eigenvalue weighted by atomic mass is 35.5. The van der Waals surface area contributed by atoms with Crippen LogP contribution in [0.3, 0.4) is 0 Å². The van der Waals surface area contributed by atoms with Crippen molar-refractivity contribution in [2.75, 3.05) is 0 Å². The fourth-order valence-electron chi connectivity index (χ4n) is 1.77. The van der Waals surface area contributed by atoms with E-state index in [0.717, 1.165) is 5.82 Å². The van der Waals surface area contributed by atoms with Crippen LogP contribution in [0.2, 0.25) is 5.15 Å². The van der Waals surface area contributed by atoms with Gasteiger partial charge in [-0.25, -0.2) is 9.37 Å². The molecule has 0 aliphatic rings. The molecule has 0 saturated heterocycles. The van der Waals surface area contributed by atoms with Crippen LogP contribution >= 0.6 is 11.6 Å². The minimum absolute atomic E-state index is 0.0818. The molecule has 1 aromatic carbocycles. The molecule has 1 aromatic heterocycles. The molecule has 1 N–H and O–H groups in total. The van der Waals surface area contributed by atoms with E-state index in [0.29, 0.717) is 17.3 Å². The predicted octanol–water partition coefficient (Wildman–Crippen LogP) is 3.06. The highest BCUT2D eigenvalue weighted by Crippen LogP contribution is 2.17. The third-order valence-corrected chi connectivity index (χ3v) is 3.32. The SMILES string of the molecule is C[C@@H](NCc1ncc(Cl)n1C)c1ccccc1F. The highest BCUT2D eigenvalue weighted by molar-refractivity contribution is 6.29. The van der Waals surface area contributed by atoms with Crippen LogP contribution in [-0.4, -0.2) is 9.55 Å². The lowest BCUT2D eigenvalue weighted by molar-refractivity contribution is 0.515. The van der Waals surface area contributed by atoms with E-state index < -0.39 is 0 Å². The summed E-state index contributed by atoms with van der Waals surface area (Å²) in [6.07, 6.45) is 1.60. The minimum atomic E-state index is -0.199. The van der Waals surface area contributed by atoms with Crippen molar-refractivity contribution in [1.29, 1.82) is 0 Å². The van der Waals surface area contributed by atoms with E-state index in [2.05, 4.69) is 10.3 Å². The fourth-order valence-corrected chi connectivity index (χ4v) is 1.92. The van der Waals surface area contributed by atoms with Gasteiger partial charge < -0.3 is 9.88 Å². The molecule has 0 radical (unpaired) electrons. The Hall–Kier alpha value is -1.39. The van der Waals surface area contributed by atoms with E-state index in [4.69, 9.17) is 11.6 Å². The van der Waals surface area contributed by atoms with Gasteiger partial charge in [0, 0.05) is 18.7 Å². The number of benzene rings is 1. The second-order valence-corrected chi connectivity index (χ2v) is 4.57. The first-order valence-electron chi connectivity index (χ1n) is 5.73. The normalized spacial score (nSPS) is 12.7. The second-order valence-electron chi connectivity index (χ2n) is 4.18. The maximum absolute atomic E-state index is 13.6. The number of hydrogen-bond donors (Lipinski definition) is 1. The monoisotopic (exact) mass is 267 g/mol. The van der Waals surface area contributed by atoms with Gasteiger partial charge in [-0.15, -0.1) is 0 Å². The van der Waals surface area contributed by atoms with Crippen LogP contribution < -0.4 is 5.32 Å². The second kappa shape index (κ2) is 5.50. The summed E-state index contributed by atoms with van der Waals surface area (Å²) in [4.78, 5) is 4.18. The lowest BCUT2D eigenvalue weighted by Gasteiger charge is -2.14. The van der Waals surface area contributed by atoms with Crippen molar-refractivity contribution in [2.24, 2.45) is 7.05 Å². The van der Waals surface area contributed by atoms with Gasteiger partial charge in [-0.2, -0.15) is 0 Å². The molecule has 3 nitrogen and oxygen atoms in total. The molecule has 2 rings (SSSR count). The van der Waals surface area contributed by atoms with Gasteiger partial charge >= 0.3 is 0 Å². The van der Waals surface area contributed by atoms with Gasteiger partial charge in [-0.05, 0) is 13.0 Å². The Labute approximate surface area is 111 Å². The molecule has 1 atom stereocenters. The molecule has 0 bridgehead atoms. The van der Waals surface area contributed by atoms with Crippen molar-refractivity contribution in [3.8, 4) is 0 Å². The third-order valence-electron chi connectivity index (χ3n) is 2.97. The zero-order chi connectivity index (χ0) is 13.1. The molecule has 0 unspecified atom stereocenters. The maximum Gasteiger partial charge on any atom is 0.128 e. The summed E-state index contributed by atoms with van der Waals surface area (Å²) in [6, 6.07) is 6.67. The molecule has 18 heavy (non-hydrogen) atoms. The number of rotatable bonds is 4. The highest BCUT2D eigenvalue weighted by Gasteiger charge is 2.11. The van der Waals surface area contributed by atoms with Gasteiger partial charge in [-0.3, -0.25) is 0 Å². The summed E-state index contributed by atoms with van der Waals surface area (Å²) in [5.41, 5.74) is 0.651. The number of nitrogens with zero attached hydrogens (tertiary/aromatic N) is 2. The van der Waals surface area contributed by atoms with Crippen LogP contribution in [0, 0.1) is 5.82 Å². The Morgan fingerprint density at radius 3 is 2.78 bits per heavy atom. The largest absolute Gasteiger partial charge is 0.321 e. The molecular weight excluding hydrogens is 253 g/mol. The number of aromatic nitrogens is 2. The summed E-state index contributed by atoms with van der Waals surface area (Å²) in [5.74, 6) is 0.624. The van der Waals surface area contributed by atoms with Crippen LogP contribution in [0.15, 0.2) is 30.5 Å². The van der Waals surface area contributed by atoms with Crippen LogP contribution in [0.25, 0.3) is 0 Å². The van der Waals surface area contributed by atoms with E-state index in [1.807, 2.05) is 20.0 Å². The molecule has 0 aliphatic heterocycles. The van der Waals surface area contributed by atoms with Gasteiger partial charge in [0.25, 0.3) is 0 Å². The molecule has 2 aromatic rings. The molecule has 0 aliphatic carbocycles. The van der Waals surface area contributed by atoms with Crippen molar-refractivity contribution in [1.82, 2.24) is 14.9 Å². The lowest BCUT2D eigenvalue weighted by Crippen LogP contribution is -2.21. The summed E-state index contributed by atoms with van der Waals surface area (Å²) in [6.45, 7) is 2.46. The average Bonchev–Trinajstić information content (AvgIpc) is 2.68. The number of hydrogen-bond acceptors (Lipinski definition) is 2. The lowest BCUT2D eigenvalue weighted by atomic mass is 10.1. The van der Waals surface area contributed by atoms with Gasteiger partial charge in [0.15, 0.2) is 0 Å². The van der Waals surface area contributed by atoms with E-state index in [9.17, 15) is 4.39 Å². The Balaban J connectivity index is 2.03. The van der Waals surface area contributed by atoms with Crippen molar-refractivity contribution < 1.29 is 4.39 Å². The fraction of sp³-hybridized carbons (Fsp3) is 0.308. The maximum atomic E-state index is 13.6. The molecule has 1 heterocycles. The van der Waals surface area contributed by atoms with Crippen LogP contribution in [0.5, 0.6) is 0 Å². The van der Waals surface area contributed by atoms with E-state index in [1.165, 1.54) is 6.07 Å². The molecule has 0 spiro atoms. The summed E-state index contributed by atoms with van der Waals surface area (Å²) in [7, 11) is 1.85. The Kier molecular flexibility index (Phi) is 3.99. The van der Waals surface area contributed by atoms with Gasteiger partial charge in [0.05, 0.1) is 12.7 Å². The molecular formula is C13H15ClFN3. The summed E-state index contributed by atoms with van der Waals surface area (Å²) >= 11 is 5.90. The van der Waals surface area contributed by atoms with Crippen LogP contribution in [-0.2, 0) is 13.6 Å². The topological polar surface area (TPSA) is 29.9 Å². The standard InChI is InChI=1S/C13H15ClFN3/c1-9(10-5-3-4-6-11(10)15)16-8-13-17-7-12(14)18(13)2/h3-7,9,16H,8H2,1-2H3/t9-/m1/s1. The zero-order valence-electron chi connectivity index (χ0n) is 10.3. The predicted molar refractivity (Wildman–Crippen MR) is 69.9 cm³/mol. The quantitative estimate of drug-likeness (QED) is 0.923. The number of imidazole rings is 1. The molecule has 0 amide bonds. The average molecular weight is 268 g/mol. The zero-order valence-corrected chi connectivity index (χ0v) is 11.1. The Bertz CT molecular complexity index is 539. The van der Waals surface area contributed by atoms with Crippen molar-refractivity contribution in [2.45, 2.75) is 19.5 Å². The van der Waals surface area contributed by atoms with Crippen LogP contribution in [0.1, 0.15) is 24.4 Å². The molecule has 0 saturated carbocycles. The van der Waals surface area contributed by atoms with Crippen molar-refractivity contribution in [3.05, 3.63) is 52.8 Å². The van der Waals surface area contributed by atoms with E-state index in [1.54, 1.807) is 22.9 Å². The Morgan fingerprint density at radius 1 is 1.44 bits per heavy atom. The summed E-state index contributed by atoms with van der Waals surface area (Å²) < 4.78 is 15.4. The number of nitrogens with one attached hydrogen (secondary N) is 1. The number of halogens is 2. The van der Waals surface area contributed by atoms with Gasteiger partial charge in [0.1, 0.15) is 16.8 Å². The van der Waals surface area contributed by atoms with Gasteiger partial charge in [-0.1, -0.05) is 29.8 Å². The minimum Gasteiger partial charge on any atom is -0.321 e. The van der Waals surface area contributed by atoms with Crippen LogP contribution in [0.4, 0.5) is 4.39 Å². The van der Waals surface area contributed by atoms with E-state index >= 15 is 0 Å². The molecule has 5 heteroatoms. The molecule has 0 fully saturated rings. The Morgan fingerprint density at radius 2 is 2.17 bits per heavy atom. The first kappa shape index (κ1) is 13.1. The molecule has 96 valence electrons. The van der Waals surface area contributed by atoms with Crippen molar-refractivity contribution >= 4 is 11.6 Å². The van der Waals surface area contributed by atoms with Crippen molar-refractivity contribution in [3.63, 3.8) is 0 Å².